The summed E-state index contributed by atoms with van der Waals surface area (Å²) in [7, 11) is 0. The second-order valence-electron chi connectivity index (χ2n) is 4.12. The van der Waals surface area contributed by atoms with Crippen LogP contribution in [0.1, 0.15) is 25.8 Å². The first kappa shape index (κ1) is 13.8. The lowest BCUT2D eigenvalue weighted by molar-refractivity contribution is -0.118. The van der Waals surface area contributed by atoms with Gasteiger partial charge in [0.1, 0.15) is 11.6 Å². The lowest BCUT2D eigenvalue weighted by Gasteiger charge is -2.16. The van der Waals surface area contributed by atoms with Gasteiger partial charge in [-0.1, -0.05) is 26.0 Å². The molecule has 0 heterocycles. The van der Waals surface area contributed by atoms with Crippen molar-refractivity contribution in [3.8, 4) is 0 Å². The highest BCUT2D eigenvalue weighted by atomic mass is 19.1. The van der Waals surface area contributed by atoms with Crippen LogP contribution in [0, 0.1) is 5.82 Å². The number of Topliss-reactive ketones (excluding diaryl/α,β-unsaturated/α-hetero) is 1. The summed E-state index contributed by atoms with van der Waals surface area (Å²) in [4.78, 5) is 13.9. The third kappa shape index (κ3) is 5.09. The number of hydrogen-bond acceptors (Lipinski definition) is 2. The second-order valence-corrected chi connectivity index (χ2v) is 4.12. The summed E-state index contributed by atoms with van der Waals surface area (Å²) >= 11 is 0. The van der Waals surface area contributed by atoms with Crippen molar-refractivity contribution in [3.63, 3.8) is 0 Å². The molecule has 0 aromatic heterocycles. The molecule has 0 saturated heterocycles. The molecule has 0 atom stereocenters. The van der Waals surface area contributed by atoms with E-state index in [1.165, 1.54) is 12.1 Å². The van der Waals surface area contributed by atoms with Gasteiger partial charge in [0.25, 0.3) is 0 Å². The molecule has 0 radical (unpaired) electrons. The number of rotatable bonds is 7. The van der Waals surface area contributed by atoms with Crippen molar-refractivity contribution in [1.82, 2.24) is 4.90 Å². The van der Waals surface area contributed by atoms with Gasteiger partial charge in [0.05, 0.1) is 0 Å². The van der Waals surface area contributed by atoms with Crippen LogP contribution in [0.15, 0.2) is 24.3 Å². The third-order valence-electron chi connectivity index (χ3n) is 2.89. The highest BCUT2D eigenvalue weighted by Gasteiger charge is 2.07. The van der Waals surface area contributed by atoms with Crippen molar-refractivity contribution in [1.29, 1.82) is 0 Å². The number of carbonyl (C=O) groups is 1. The SMILES string of the molecule is CCN(CC)CCC(=O)Cc1cccc(F)c1. The monoisotopic (exact) mass is 237 g/mol. The Balaban J connectivity index is 2.39. The Labute approximate surface area is 102 Å². The fourth-order valence-electron chi connectivity index (χ4n) is 1.79. The van der Waals surface area contributed by atoms with E-state index in [-0.39, 0.29) is 11.6 Å². The van der Waals surface area contributed by atoms with Crippen molar-refractivity contribution >= 4 is 5.78 Å². The molecule has 1 aromatic rings. The number of nitrogens with zero attached hydrogens (tertiary/aromatic N) is 1. The summed E-state index contributed by atoms with van der Waals surface area (Å²) in [5.74, 6) is -0.110. The van der Waals surface area contributed by atoms with Crippen molar-refractivity contribution in [2.75, 3.05) is 19.6 Å². The Morgan fingerprint density at radius 2 is 2.00 bits per heavy atom. The normalized spacial score (nSPS) is 10.8. The molecule has 0 amide bonds. The largest absolute Gasteiger partial charge is 0.303 e. The molecule has 94 valence electrons. The average molecular weight is 237 g/mol. The van der Waals surface area contributed by atoms with Gasteiger partial charge in [0.15, 0.2) is 0 Å². The summed E-state index contributed by atoms with van der Waals surface area (Å²) in [6, 6.07) is 6.25. The number of ketones is 1. The molecular formula is C14H20FNO. The van der Waals surface area contributed by atoms with Crippen molar-refractivity contribution in [3.05, 3.63) is 35.6 Å². The molecular weight excluding hydrogens is 217 g/mol. The van der Waals surface area contributed by atoms with E-state index in [4.69, 9.17) is 0 Å². The summed E-state index contributed by atoms with van der Waals surface area (Å²) in [6.07, 6.45) is 0.872. The van der Waals surface area contributed by atoms with Gasteiger partial charge in [-0.05, 0) is 30.8 Å². The first-order valence-electron chi connectivity index (χ1n) is 6.14. The zero-order valence-corrected chi connectivity index (χ0v) is 10.6. The minimum Gasteiger partial charge on any atom is -0.303 e. The lowest BCUT2D eigenvalue weighted by Crippen LogP contribution is -2.26. The van der Waals surface area contributed by atoms with Crippen LogP contribution in [0.25, 0.3) is 0 Å². The molecule has 3 heteroatoms. The quantitative estimate of drug-likeness (QED) is 0.726. The lowest BCUT2D eigenvalue weighted by atomic mass is 10.1. The van der Waals surface area contributed by atoms with Gasteiger partial charge >= 0.3 is 0 Å². The Kier molecular flexibility index (Phi) is 5.84. The van der Waals surface area contributed by atoms with E-state index in [0.29, 0.717) is 12.8 Å². The molecule has 17 heavy (non-hydrogen) atoms. The van der Waals surface area contributed by atoms with Crippen LogP contribution in [0.2, 0.25) is 0 Å². The van der Waals surface area contributed by atoms with Gasteiger partial charge in [0, 0.05) is 19.4 Å². The molecule has 1 rings (SSSR count). The molecule has 0 spiro atoms. The smallest absolute Gasteiger partial charge is 0.138 e. The zero-order chi connectivity index (χ0) is 12.7. The molecule has 2 nitrogen and oxygen atoms in total. The minimum absolute atomic E-state index is 0.169. The maximum Gasteiger partial charge on any atom is 0.138 e. The van der Waals surface area contributed by atoms with Crippen LogP contribution in [0.3, 0.4) is 0 Å². The minimum atomic E-state index is -0.279. The predicted molar refractivity (Wildman–Crippen MR) is 67.5 cm³/mol. The van der Waals surface area contributed by atoms with Gasteiger partial charge in [-0.2, -0.15) is 0 Å². The zero-order valence-electron chi connectivity index (χ0n) is 10.6. The van der Waals surface area contributed by atoms with Crippen LogP contribution < -0.4 is 0 Å². The summed E-state index contributed by atoms with van der Waals surface area (Å²) in [5, 5.41) is 0. The topological polar surface area (TPSA) is 20.3 Å². The standard InChI is InChI=1S/C14H20FNO/c1-3-16(4-2)9-8-14(17)11-12-6-5-7-13(15)10-12/h5-7,10H,3-4,8-9,11H2,1-2H3. The fraction of sp³-hybridized carbons (Fsp3) is 0.500. The van der Waals surface area contributed by atoms with Crippen molar-refractivity contribution in [2.45, 2.75) is 26.7 Å². The van der Waals surface area contributed by atoms with E-state index in [2.05, 4.69) is 18.7 Å². The van der Waals surface area contributed by atoms with Crippen LogP contribution >= 0.6 is 0 Å². The maximum atomic E-state index is 12.9. The highest BCUT2D eigenvalue weighted by Crippen LogP contribution is 2.06. The van der Waals surface area contributed by atoms with Gasteiger partial charge < -0.3 is 4.90 Å². The van der Waals surface area contributed by atoms with Gasteiger partial charge in [0.2, 0.25) is 0 Å². The van der Waals surface area contributed by atoms with Crippen molar-refractivity contribution in [2.24, 2.45) is 0 Å². The summed E-state index contributed by atoms with van der Waals surface area (Å²) in [5.41, 5.74) is 0.759. The van der Waals surface area contributed by atoms with Gasteiger partial charge in [-0.3, -0.25) is 4.79 Å². The number of halogens is 1. The Morgan fingerprint density at radius 1 is 1.29 bits per heavy atom. The Hall–Kier alpha value is -1.22. The van der Waals surface area contributed by atoms with Crippen LogP contribution in [0.5, 0.6) is 0 Å². The Bertz CT molecular complexity index is 361. The first-order chi connectivity index (χ1) is 8.15. The number of carbonyl (C=O) groups excluding carboxylic acids is 1. The molecule has 0 aliphatic heterocycles. The van der Waals surface area contributed by atoms with Crippen LogP contribution in [-0.4, -0.2) is 30.3 Å². The Morgan fingerprint density at radius 3 is 2.59 bits per heavy atom. The second kappa shape index (κ2) is 7.17. The number of benzene rings is 1. The molecule has 0 saturated carbocycles. The molecule has 0 aliphatic carbocycles. The molecule has 1 aromatic carbocycles. The van der Waals surface area contributed by atoms with Gasteiger partial charge in [-0.15, -0.1) is 0 Å². The van der Waals surface area contributed by atoms with E-state index >= 15 is 0 Å². The molecule has 0 aliphatic rings. The van der Waals surface area contributed by atoms with E-state index in [1.54, 1.807) is 12.1 Å². The first-order valence-corrected chi connectivity index (χ1v) is 6.14. The van der Waals surface area contributed by atoms with Crippen LogP contribution in [-0.2, 0) is 11.2 Å². The van der Waals surface area contributed by atoms with E-state index in [9.17, 15) is 9.18 Å². The summed E-state index contributed by atoms with van der Waals surface area (Å²) < 4.78 is 12.9. The molecule has 0 unspecified atom stereocenters. The van der Waals surface area contributed by atoms with Gasteiger partial charge in [-0.25, -0.2) is 4.39 Å². The molecule has 0 bridgehead atoms. The van der Waals surface area contributed by atoms with E-state index < -0.39 is 0 Å². The van der Waals surface area contributed by atoms with E-state index in [1.807, 2.05) is 0 Å². The molecule has 0 fully saturated rings. The average Bonchev–Trinajstić information content (AvgIpc) is 2.30. The third-order valence-corrected chi connectivity index (χ3v) is 2.89. The summed E-state index contributed by atoms with van der Waals surface area (Å²) in [6.45, 7) is 6.88. The molecule has 0 N–H and O–H groups in total. The fourth-order valence-corrected chi connectivity index (χ4v) is 1.79. The van der Waals surface area contributed by atoms with E-state index in [0.717, 1.165) is 25.2 Å². The van der Waals surface area contributed by atoms with Crippen LogP contribution in [0.4, 0.5) is 4.39 Å². The predicted octanol–water partition coefficient (Wildman–Crippen LogP) is 2.67. The highest BCUT2D eigenvalue weighted by molar-refractivity contribution is 5.81. The number of hydrogen-bond donors (Lipinski definition) is 0. The maximum absolute atomic E-state index is 12.9. The van der Waals surface area contributed by atoms with Crippen molar-refractivity contribution < 1.29 is 9.18 Å².